The number of anilines is 1. The van der Waals surface area contributed by atoms with Gasteiger partial charge in [0.25, 0.3) is 5.91 Å². The first-order valence-electron chi connectivity index (χ1n) is 5.83. The third kappa shape index (κ3) is 2.51. The number of carbonyl (C=O) groups excluding carboxylic acids is 1. The molecule has 0 aromatic carbocycles. The molecule has 114 valence electrons. The smallest absolute Gasteiger partial charge is 0.351 e. The molecule has 1 aliphatic heterocycles. The number of aliphatic hydroxyl groups excluding tert-OH is 2. The summed E-state index contributed by atoms with van der Waals surface area (Å²) in [5.74, 6) is -1.29. The van der Waals surface area contributed by atoms with Gasteiger partial charge in [-0.05, 0) is 0 Å². The Labute approximate surface area is 117 Å². The maximum atomic E-state index is 12.7. The number of nitrogen functional groups attached to an aromatic ring is 1. The lowest BCUT2D eigenvalue weighted by atomic mass is 10.1. The fourth-order valence-electron chi connectivity index (χ4n) is 2.03. The molecule has 1 aromatic heterocycles. The van der Waals surface area contributed by atoms with Crippen molar-refractivity contribution in [1.29, 1.82) is 0 Å². The highest BCUT2D eigenvalue weighted by Crippen LogP contribution is 2.32. The van der Waals surface area contributed by atoms with Gasteiger partial charge >= 0.3 is 5.69 Å². The summed E-state index contributed by atoms with van der Waals surface area (Å²) < 4.78 is 18.7. The molecule has 6 N–H and O–H groups in total. The van der Waals surface area contributed by atoms with Gasteiger partial charge in [0, 0.05) is 11.8 Å². The molecule has 9 nitrogen and oxygen atoms in total. The average molecular weight is 300 g/mol. The Bertz CT molecular complexity index is 659. The van der Waals surface area contributed by atoms with E-state index in [4.69, 9.17) is 21.3 Å². The first-order chi connectivity index (χ1) is 9.90. The van der Waals surface area contributed by atoms with Crippen molar-refractivity contribution in [1.82, 2.24) is 9.55 Å². The quantitative estimate of drug-likeness (QED) is 0.504. The Morgan fingerprint density at radius 1 is 1.62 bits per heavy atom. The number of carbonyl (C=O) groups is 1. The topological polar surface area (TPSA) is 154 Å². The van der Waals surface area contributed by atoms with Crippen LogP contribution in [0.1, 0.15) is 16.6 Å². The zero-order valence-electron chi connectivity index (χ0n) is 10.6. The van der Waals surface area contributed by atoms with Crippen molar-refractivity contribution < 1.29 is 24.1 Å². The van der Waals surface area contributed by atoms with Crippen molar-refractivity contribution in [3.05, 3.63) is 34.1 Å². The van der Waals surface area contributed by atoms with Crippen LogP contribution in [0, 0.1) is 0 Å². The van der Waals surface area contributed by atoms with Crippen LogP contribution in [0.5, 0.6) is 0 Å². The van der Waals surface area contributed by atoms with Gasteiger partial charge in [-0.3, -0.25) is 9.36 Å². The van der Waals surface area contributed by atoms with Gasteiger partial charge in [-0.15, -0.1) is 0 Å². The lowest BCUT2D eigenvalue weighted by Gasteiger charge is -2.17. The summed E-state index contributed by atoms with van der Waals surface area (Å²) in [6.07, 6.45) is -2.94. The molecule has 3 atom stereocenters. The first kappa shape index (κ1) is 15.1. The lowest BCUT2D eigenvalue weighted by Crippen LogP contribution is -2.34. The Balaban J connectivity index is 2.50. The molecule has 1 aliphatic rings. The molecule has 10 heteroatoms. The number of amides is 1. The Morgan fingerprint density at radius 3 is 2.76 bits per heavy atom. The van der Waals surface area contributed by atoms with Crippen molar-refractivity contribution in [2.24, 2.45) is 5.73 Å². The molecule has 0 bridgehead atoms. The summed E-state index contributed by atoms with van der Waals surface area (Å²) in [6.45, 7) is -0.594. The molecular weight excluding hydrogens is 287 g/mol. The third-order valence-electron chi connectivity index (χ3n) is 3.10. The molecule has 2 rings (SSSR count). The Kier molecular flexibility index (Phi) is 4.02. The van der Waals surface area contributed by atoms with Gasteiger partial charge < -0.3 is 26.4 Å². The fraction of sp³-hybridized carbons (Fsp3) is 0.364. The Morgan fingerprint density at radius 2 is 2.29 bits per heavy atom. The number of nitrogens with two attached hydrogens (primary N) is 2. The number of hydrogen-bond donors (Lipinski definition) is 4. The minimum absolute atomic E-state index is 0.0936. The molecule has 3 unspecified atom stereocenters. The van der Waals surface area contributed by atoms with Gasteiger partial charge in [0.2, 0.25) is 0 Å². The molecule has 1 fully saturated rings. The maximum absolute atomic E-state index is 12.7. The molecule has 2 heterocycles. The number of hydrogen-bond acceptors (Lipinski definition) is 7. The summed E-state index contributed by atoms with van der Waals surface area (Å²) in [6, 6.07) is 0. The van der Waals surface area contributed by atoms with E-state index in [0.29, 0.717) is 0 Å². The average Bonchev–Trinajstić information content (AvgIpc) is 2.74. The predicted octanol–water partition coefficient (Wildman–Crippen LogP) is -1.97. The van der Waals surface area contributed by atoms with Crippen LogP contribution in [-0.2, 0) is 4.74 Å². The summed E-state index contributed by atoms with van der Waals surface area (Å²) in [7, 11) is 0. The van der Waals surface area contributed by atoms with E-state index in [1.807, 2.05) is 0 Å². The third-order valence-corrected chi connectivity index (χ3v) is 3.10. The minimum Gasteiger partial charge on any atom is -0.393 e. The van der Waals surface area contributed by atoms with Gasteiger partial charge in [0.05, 0.1) is 18.5 Å². The van der Waals surface area contributed by atoms with Crippen LogP contribution >= 0.6 is 0 Å². The summed E-state index contributed by atoms with van der Waals surface area (Å²) >= 11 is 0. The zero-order valence-corrected chi connectivity index (χ0v) is 10.6. The number of halogens is 1. The monoisotopic (exact) mass is 300 g/mol. The number of primary amides is 1. The molecule has 0 spiro atoms. The first-order valence-corrected chi connectivity index (χ1v) is 5.83. The second-order valence-electron chi connectivity index (χ2n) is 4.35. The second-order valence-corrected chi connectivity index (χ2v) is 4.35. The standard InChI is InChI=1S/C11H13FN4O5/c12-1-4-6(3-17)21-10(7(4)18)16-2-5(9(14)19)8(13)15-11(16)20/h1-2,6-7,10,17-18H,3H2,(H2,14,19)(H2,13,15,20). The number of nitrogens with zero attached hydrogens (tertiary/aromatic N) is 2. The fourth-order valence-corrected chi connectivity index (χ4v) is 2.03. The Hall–Kier alpha value is -2.30. The minimum atomic E-state index is -1.53. The van der Waals surface area contributed by atoms with Crippen molar-refractivity contribution >= 4 is 11.7 Å². The van der Waals surface area contributed by atoms with Crippen LogP contribution in [-0.4, -0.2) is 44.5 Å². The van der Waals surface area contributed by atoms with Crippen molar-refractivity contribution in [3.8, 4) is 0 Å². The molecule has 0 aliphatic carbocycles. The van der Waals surface area contributed by atoms with Crippen LogP contribution in [0.15, 0.2) is 22.9 Å². The van der Waals surface area contributed by atoms with E-state index in [1.54, 1.807) is 0 Å². The highest BCUT2D eigenvalue weighted by Gasteiger charge is 2.40. The number of ether oxygens (including phenoxy) is 1. The van der Waals surface area contributed by atoms with E-state index in [1.165, 1.54) is 0 Å². The van der Waals surface area contributed by atoms with E-state index in [9.17, 15) is 19.1 Å². The van der Waals surface area contributed by atoms with E-state index >= 15 is 0 Å². The van der Waals surface area contributed by atoms with E-state index < -0.39 is 36.6 Å². The molecular formula is C11H13FN4O5. The largest absolute Gasteiger partial charge is 0.393 e. The SMILES string of the molecule is NC(=O)c1cn(C2OC(CO)C(=CF)C2O)c(=O)nc1N. The van der Waals surface area contributed by atoms with Gasteiger partial charge in [-0.2, -0.15) is 4.98 Å². The molecule has 1 saturated heterocycles. The maximum Gasteiger partial charge on any atom is 0.351 e. The normalized spacial score (nSPS) is 27.2. The summed E-state index contributed by atoms with van der Waals surface area (Å²) in [5.41, 5.74) is 9.08. The summed E-state index contributed by atoms with van der Waals surface area (Å²) in [4.78, 5) is 26.4. The predicted molar refractivity (Wildman–Crippen MR) is 67.6 cm³/mol. The van der Waals surface area contributed by atoms with Gasteiger partial charge in [-0.25, -0.2) is 9.18 Å². The van der Waals surface area contributed by atoms with E-state index in [-0.39, 0.29) is 23.3 Å². The number of aromatic nitrogens is 2. The van der Waals surface area contributed by atoms with Crippen molar-refractivity contribution in [2.45, 2.75) is 18.4 Å². The van der Waals surface area contributed by atoms with Crippen LogP contribution < -0.4 is 17.2 Å². The second kappa shape index (κ2) is 5.60. The highest BCUT2D eigenvalue weighted by molar-refractivity contribution is 5.96. The van der Waals surface area contributed by atoms with Crippen LogP contribution in [0.4, 0.5) is 10.2 Å². The van der Waals surface area contributed by atoms with E-state index in [2.05, 4.69) is 4.98 Å². The van der Waals surface area contributed by atoms with Crippen molar-refractivity contribution in [2.75, 3.05) is 12.3 Å². The number of aliphatic hydroxyl groups is 2. The zero-order chi connectivity index (χ0) is 15.7. The van der Waals surface area contributed by atoms with E-state index in [0.717, 1.165) is 10.8 Å². The van der Waals surface area contributed by atoms with Gasteiger partial charge in [0.1, 0.15) is 18.0 Å². The van der Waals surface area contributed by atoms with Crippen LogP contribution in [0.3, 0.4) is 0 Å². The van der Waals surface area contributed by atoms with Crippen LogP contribution in [0.25, 0.3) is 0 Å². The van der Waals surface area contributed by atoms with Crippen molar-refractivity contribution in [3.63, 3.8) is 0 Å². The van der Waals surface area contributed by atoms with Gasteiger partial charge in [0.15, 0.2) is 6.23 Å². The summed E-state index contributed by atoms with van der Waals surface area (Å²) in [5, 5.41) is 19.0. The lowest BCUT2D eigenvalue weighted by molar-refractivity contribution is -0.0527. The number of rotatable bonds is 3. The molecule has 1 amide bonds. The molecule has 1 aromatic rings. The van der Waals surface area contributed by atoms with Crippen LogP contribution in [0.2, 0.25) is 0 Å². The molecule has 21 heavy (non-hydrogen) atoms. The molecule has 0 radical (unpaired) electrons. The van der Waals surface area contributed by atoms with Gasteiger partial charge in [-0.1, -0.05) is 0 Å². The highest BCUT2D eigenvalue weighted by atomic mass is 19.1. The molecule has 0 saturated carbocycles.